The zero-order valence-electron chi connectivity index (χ0n) is 9.72. The largest absolute Gasteiger partial charge is 0.369 e. The number of anilines is 1. The van der Waals surface area contributed by atoms with E-state index in [4.69, 9.17) is 11.0 Å². The molecule has 4 heteroatoms. The van der Waals surface area contributed by atoms with Crippen LogP contribution in [0.15, 0.2) is 18.2 Å². The number of rotatable bonds is 1. The van der Waals surface area contributed by atoms with Crippen molar-refractivity contribution in [3.63, 3.8) is 0 Å². The number of imidazole rings is 1. The summed E-state index contributed by atoms with van der Waals surface area (Å²) in [6, 6.07) is 8.13. The molecule has 2 N–H and O–H groups in total. The molecular weight excluding hydrogens is 212 g/mol. The van der Waals surface area contributed by atoms with Gasteiger partial charge in [0.25, 0.3) is 0 Å². The Balaban J connectivity index is 2.15. The van der Waals surface area contributed by atoms with Gasteiger partial charge in [0.2, 0.25) is 5.95 Å². The first-order valence-corrected chi connectivity index (χ1v) is 5.86. The fraction of sp³-hybridized carbons (Fsp3) is 0.385. The lowest BCUT2D eigenvalue weighted by molar-refractivity contribution is 0.223. The first-order valence-electron chi connectivity index (χ1n) is 5.86. The van der Waals surface area contributed by atoms with Crippen molar-refractivity contribution in [2.45, 2.75) is 25.8 Å². The fourth-order valence-electron chi connectivity index (χ4n) is 2.64. The molecule has 1 aromatic heterocycles. The molecule has 4 nitrogen and oxygen atoms in total. The summed E-state index contributed by atoms with van der Waals surface area (Å²) in [5.74, 6) is 1.32. The lowest BCUT2D eigenvalue weighted by Crippen LogP contribution is -2.25. The van der Waals surface area contributed by atoms with Crippen molar-refractivity contribution in [2.24, 2.45) is 5.92 Å². The van der Waals surface area contributed by atoms with E-state index in [9.17, 15) is 0 Å². The van der Waals surface area contributed by atoms with E-state index in [1.165, 1.54) is 0 Å². The predicted molar refractivity (Wildman–Crippen MR) is 66.3 cm³/mol. The highest BCUT2D eigenvalue weighted by atomic mass is 15.2. The molecule has 0 aliphatic heterocycles. The van der Waals surface area contributed by atoms with Crippen LogP contribution in [0.25, 0.3) is 11.0 Å². The van der Waals surface area contributed by atoms with Gasteiger partial charge in [-0.15, -0.1) is 0 Å². The number of hydrogen-bond acceptors (Lipinski definition) is 3. The summed E-state index contributed by atoms with van der Waals surface area (Å²) in [7, 11) is 0. The van der Waals surface area contributed by atoms with E-state index in [0.29, 0.717) is 17.6 Å². The standard InChI is InChI=1S/C13H14N4/c1-8-4-10(5-8)17-12-6-9(7-14)2-3-11(12)16-13(17)15/h2-3,6,8,10H,4-5H2,1H3,(H2,15,16). The van der Waals surface area contributed by atoms with E-state index in [0.717, 1.165) is 29.8 Å². The molecule has 3 rings (SSSR count). The molecule has 0 spiro atoms. The Hall–Kier alpha value is -2.02. The molecule has 0 radical (unpaired) electrons. The fourth-order valence-corrected chi connectivity index (χ4v) is 2.64. The van der Waals surface area contributed by atoms with Crippen molar-refractivity contribution < 1.29 is 0 Å². The van der Waals surface area contributed by atoms with E-state index in [-0.39, 0.29) is 0 Å². The molecular formula is C13H14N4. The second kappa shape index (κ2) is 3.49. The molecule has 0 amide bonds. The second-order valence-corrected chi connectivity index (χ2v) is 4.89. The molecule has 0 atom stereocenters. The maximum atomic E-state index is 8.94. The SMILES string of the molecule is CC1CC(n2c(N)nc3ccc(C#N)cc32)C1. The van der Waals surface area contributed by atoms with Crippen LogP contribution in [0, 0.1) is 17.2 Å². The molecule has 1 aliphatic rings. The van der Waals surface area contributed by atoms with Gasteiger partial charge in [0.15, 0.2) is 0 Å². The van der Waals surface area contributed by atoms with Crippen molar-refractivity contribution in [1.29, 1.82) is 5.26 Å². The minimum atomic E-state index is 0.448. The third kappa shape index (κ3) is 1.47. The van der Waals surface area contributed by atoms with Crippen molar-refractivity contribution >= 4 is 17.0 Å². The first-order chi connectivity index (χ1) is 8.19. The van der Waals surface area contributed by atoms with Crippen LogP contribution in [-0.2, 0) is 0 Å². The first kappa shape index (κ1) is 10.2. The Morgan fingerprint density at radius 1 is 1.47 bits per heavy atom. The number of benzene rings is 1. The highest BCUT2D eigenvalue weighted by molar-refractivity contribution is 5.80. The van der Waals surface area contributed by atoms with Crippen LogP contribution in [0.4, 0.5) is 5.95 Å². The van der Waals surface area contributed by atoms with Crippen LogP contribution < -0.4 is 5.73 Å². The molecule has 86 valence electrons. The maximum Gasteiger partial charge on any atom is 0.201 e. The molecule has 2 aromatic rings. The van der Waals surface area contributed by atoms with Gasteiger partial charge < -0.3 is 10.3 Å². The molecule has 1 aromatic carbocycles. The van der Waals surface area contributed by atoms with E-state index in [1.807, 2.05) is 12.1 Å². The normalized spacial score (nSPS) is 23.3. The highest BCUT2D eigenvalue weighted by Gasteiger charge is 2.29. The van der Waals surface area contributed by atoms with E-state index >= 15 is 0 Å². The van der Waals surface area contributed by atoms with E-state index in [1.54, 1.807) is 6.07 Å². The summed E-state index contributed by atoms with van der Waals surface area (Å²) in [5.41, 5.74) is 8.49. The number of fused-ring (bicyclic) bond motifs is 1. The number of hydrogen-bond donors (Lipinski definition) is 1. The number of aromatic nitrogens is 2. The van der Waals surface area contributed by atoms with Gasteiger partial charge in [-0.1, -0.05) is 6.92 Å². The number of nitrogens with zero attached hydrogens (tertiary/aromatic N) is 3. The monoisotopic (exact) mass is 226 g/mol. The van der Waals surface area contributed by atoms with Gasteiger partial charge in [-0.2, -0.15) is 5.26 Å². The average molecular weight is 226 g/mol. The predicted octanol–water partition coefficient (Wildman–Crippen LogP) is 2.46. The van der Waals surface area contributed by atoms with Gasteiger partial charge in [-0.25, -0.2) is 4.98 Å². The lowest BCUT2D eigenvalue weighted by atomic mass is 9.81. The highest BCUT2D eigenvalue weighted by Crippen LogP contribution is 2.40. The van der Waals surface area contributed by atoms with Gasteiger partial charge in [0.05, 0.1) is 22.7 Å². The zero-order valence-corrected chi connectivity index (χ0v) is 9.72. The van der Waals surface area contributed by atoms with Crippen molar-refractivity contribution in [3.8, 4) is 6.07 Å². The van der Waals surface area contributed by atoms with Gasteiger partial charge in [-0.05, 0) is 37.0 Å². The Morgan fingerprint density at radius 3 is 2.88 bits per heavy atom. The van der Waals surface area contributed by atoms with Crippen LogP contribution in [0.3, 0.4) is 0 Å². The van der Waals surface area contributed by atoms with Gasteiger partial charge in [0, 0.05) is 6.04 Å². The Kier molecular flexibility index (Phi) is 2.08. The quantitative estimate of drug-likeness (QED) is 0.812. The summed E-state index contributed by atoms with van der Waals surface area (Å²) in [4.78, 5) is 4.35. The summed E-state index contributed by atoms with van der Waals surface area (Å²) in [6.45, 7) is 2.24. The van der Waals surface area contributed by atoms with Crippen LogP contribution >= 0.6 is 0 Å². The number of nitrogens with two attached hydrogens (primary N) is 1. The Labute approximate surface area is 99.7 Å². The third-order valence-corrected chi connectivity index (χ3v) is 3.56. The number of nitriles is 1. The molecule has 1 saturated carbocycles. The number of nitrogen functional groups attached to an aromatic ring is 1. The summed E-state index contributed by atoms with van der Waals surface area (Å²) in [5, 5.41) is 8.94. The van der Waals surface area contributed by atoms with Gasteiger partial charge in [0.1, 0.15) is 0 Å². The molecule has 1 heterocycles. The molecule has 0 unspecified atom stereocenters. The van der Waals surface area contributed by atoms with Crippen LogP contribution in [-0.4, -0.2) is 9.55 Å². The van der Waals surface area contributed by atoms with Gasteiger partial charge >= 0.3 is 0 Å². The van der Waals surface area contributed by atoms with Crippen LogP contribution in [0.1, 0.15) is 31.4 Å². The minimum Gasteiger partial charge on any atom is -0.369 e. The zero-order chi connectivity index (χ0) is 12.0. The smallest absolute Gasteiger partial charge is 0.201 e. The molecule has 1 aliphatic carbocycles. The topological polar surface area (TPSA) is 67.6 Å². The summed E-state index contributed by atoms with van der Waals surface area (Å²) < 4.78 is 2.08. The molecule has 1 fully saturated rings. The average Bonchev–Trinajstić information content (AvgIpc) is 2.60. The second-order valence-electron chi connectivity index (χ2n) is 4.89. The van der Waals surface area contributed by atoms with Crippen LogP contribution in [0.5, 0.6) is 0 Å². The van der Waals surface area contributed by atoms with Crippen molar-refractivity contribution in [2.75, 3.05) is 5.73 Å². The molecule has 0 bridgehead atoms. The Bertz CT molecular complexity index is 614. The van der Waals surface area contributed by atoms with E-state index < -0.39 is 0 Å². The molecule has 17 heavy (non-hydrogen) atoms. The Morgan fingerprint density at radius 2 is 2.24 bits per heavy atom. The van der Waals surface area contributed by atoms with Crippen LogP contribution in [0.2, 0.25) is 0 Å². The van der Waals surface area contributed by atoms with Gasteiger partial charge in [-0.3, -0.25) is 0 Å². The van der Waals surface area contributed by atoms with Crippen molar-refractivity contribution in [1.82, 2.24) is 9.55 Å². The maximum absolute atomic E-state index is 8.94. The van der Waals surface area contributed by atoms with E-state index in [2.05, 4.69) is 22.5 Å². The third-order valence-electron chi connectivity index (χ3n) is 3.56. The molecule has 0 saturated heterocycles. The lowest BCUT2D eigenvalue weighted by Gasteiger charge is -2.34. The summed E-state index contributed by atoms with van der Waals surface area (Å²) in [6.07, 6.45) is 2.29. The van der Waals surface area contributed by atoms with Crippen molar-refractivity contribution in [3.05, 3.63) is 23.8 Å². The summed E-state index contributed by atoms with van der Waals surface area (Å²) >= 11 is 0. The minimum absolute atomic E-state index is 0.448.